The molecule has 0 bridgehead atoms. The molecule has 158 valence electrons. The van der Waals surface area contributed by atoms with E-state index in [1.54, 1.807) is 13.1 Å². The number of hydrogen-bond acceptors (Lipinski definition) is 3. The Kier molecular flexibility index (Phi) is 7.58. The van der Waals surface area contributed by atoms with Crippen molar-refractivity contribution in [3.05, 3.63) is 34.9 Å². The van der Waals surface area contributed by atoms with Crippen LogP contribution in [0.4, 0.5) is 13.2 Å². The fourth-order valence-electron chi connectivity index (χ4n) is 3.04. The molecule has 6 nitrogen and oxygen atoms in total. The fourth-order valence-corrected chi connectivity index (χ4v) is 4.33. The maximum Gasteiger partial charge on any atom is 0.511 e. The van der Waals surface area contributed by atoms with Gasteiger partial charge in [-0.25, -0.2) is 8.42 Å². The SMILES string of the molecule is CN=C(NCC1CCN(S(=O)(=O)C(F)(F)F)CC1)NC(C)c1ccccc1Cl. The second-order valence-electron chi connectivity index (χ2n) is 6.63. The van der Waals surface area contributed by atoms with Crippen LogP contribution in [0.5, 0.6) is 0 Å². The highest BCUT2D eigenvalue weighted by Crippen LogP contribution is 2.30. The van der Waals surface area contributed by atoms with Crippen molar-refractivity contribution in [2.24, 2.45) is 10.9 Å². The monoisotopic (exact) mass is 440 g/mol. The third kappa shape index (κ3) is 5.51. The third-order valence-corrected chi connectivity index (χ3v) is 6.69. The van der Waals surface area contributed by atoms with E-state index in [-0.39, 0.29) is 25.0 Å². The standard InChI is InChI=1S/C17H24ClF3N4O2S/c1-12(14-5-3-4-6-15(14)18)24-16(22-2)23-11-13-7-9-25(10-8-13)28(26,27)17(19,20)21/h3-6,12-13H,7-11H2,1-2H3,(H2,22,23,24). The molecule has 1 aromatic carbocycles. The molecule has 0 aromatic heterocycles. The maximum absolute atomic E-state index is 12.6. The lowest BCUT2D eigenvalue weighted by molar-refractivity contribution is -0.0496. The molecule has 0 spiro atoms. The van der Waals surface area contributed by atoms with Gasteiger partial charge in [0.05, 0.1) is 6.04 Å². The molecule has 0 aliphatic carbocycles. The Bertz CT molecular complexity index is 794. The Morgan fingerprint density at radius 1 is 1.32 bits per heavy atom. The highest BCUT2D eigenvalue weighted by atomic mass is 35.5. The quantitative estimate of drug-likeness (QED) is 0.545. The fraction of sp³-hybridized carbons (Fsp3) is 0.588. The Hall–Kier alpha value is -1.52. The van der Waals surface area contributed by atoms with Gasteiger partial charge in [0.15, 0.2) is 5.96 Å². The maximum atomic E-state index is 12.6. The molecule has 1 heterocycles. The molecular formula is C17H24ClF3N4O2S. The number of nitrogens with zero attached hydrogens (tertiary/aromatic N) is 2. The molecule has 1 aliphatic rings. The van der Waals surface area contributed by atoms with Crippen molar-refractivity contribution in [3.63, 3.8) is 0 Å². The Balaban J connectivity index is 1.85. The molecule has 28 heavy (non-hydrogen) atoms. The zero-order chi connectivity index (χ0) is 20.9. The van der Waals surface area contributed by atoms with Crippen LogP contribution < -0.4 is 10.6 Å². The number of halogens is 4. The first-order chi connectivity index (χ1) is 13.1. The first kappa shape index (κ1) is 22.8. The summed E-state index contributed by atoms with van der Waals surface area (Å²) < 4.78 is 61.3. The normalized spacial score (nSPS) is 18.7. The summed E-state index contributed by atoms with van der Waals surface area (Å²) in [5, 5.41) is 7.00. The second-order valence-corrected chi connectivity index (χ2v) is 8.97. The average Bonchev–Trinajstić information content (AvgIpc) is 2.64. The predicted octanol–water partition coefficient (Wildman–Crippen LogP) is 3.13. The number of alkyl halides is 3. The van der Waals surface area contributed by atoms with Crippen LogP contribution in [0.3, 0.4) is 0 Å². The molecule has 1 unspecified atom stereocenters. The minimum absolute atomic E-state index is 0.0499. The van der Waals surface area contributed by atoms with E-state index < -0.39 is 15.5 Å². The van der Waals surface area contributed by atoms with Gasteiger partial charge in [0.1, 0.15) is 0 Å². The van der Waals surface area contributed by atoms with Crippen LogP contribution >= 0.6 is 11.6 Å². The number of rotatable bonds is 5. The van der Waals surface area contributed by atoms with Gasteiger partial charge in [-0.3, -0.25) is 4.99 Å². The van der Waals surface area contributed by atoms with Crippen LogP contribution in [0, 0.1) is 5.92 Å². The van der Waals surface area contributed by atoms with Crippen LogP contribution in [0.1, 0.15) is 31.4 Å². The van der Waals surface area contributed by atoms with Crippen molar-refractivity contribution in [1.82, 2.24) is 14.9 Å². The van der Waals surface area contributed by atoms with Crippen molar-refractivity contribution < 1.29 is 21.6 Å². The first-order valence-corrected chi connectivity index (χ1v) is 10.7. The molecule has 2 N–H and O–H groups in total. The van der Waals surface area contributed by atoms with Crippen LogP contribution in [-0.2, 0) is 10.0 Å². The summed E-state index contributed by atoms with van der Waals surface area (Å²) in [6.45, 7) is 2.13. The van der Waals surface area contributed by atoms with Crippen LogP contribution in [-0.4, -0.2) is 50.9 Å². The minimum Gasteiger partial charge on any atom is -0.356 e. The zero-order valence-corrected chi connectivity index (χ0v) is 17.2. The zero-order valence-electron chi connectivity index (χ0n) is 15.6. The van der Waals surface area contributed by atoms with E-state index in [1.807, 2.05) is 25.1 Å². The number of aliphatic imine (C=N–C) groups is 1. The van der Waals surface area contributed by atoms with Crippen LogP contribution in [0.25, 0.3) is 0 Å². The topological polar surface area (TPSA) is 73.8 Å². The van der Waals surface area contributed by atoms with E-state index >= 15 is 0 Å². The van der Waals surface area contributed by atoms with Crippen LogP contribution in [0.2, 0.25) is 5.02 Å². The summed E-state index contributed by atoms with van der Waals surface area (Å²) in [5.74, 6) is 0.589. The minimum atomic E-state index is -5.25. The average molecular weight is 441 g/mol. The molecule has 1 aliphatic heterocycles. The number of nitrogens with one attached hydrogen (secondary N) is 2. The van der Waals surface area contributed by atoms with Gasteiger partial charge in [0.25, 0.3) is 0 Å². The molecule has 1 saturated heterocycles. The molecule has 11 heteroatoms. The van der Waals surface area contributed by atoms with E-state index in [9.17, 15) is 21.6 Å². The largest absolute Gasteiger partial charge is 0.511 e. The highest BCUT2D eigenvalue weighted by Gasteiger charge is 2.50. The van der Waals surface area contributed by atoms with Gasteiger partial charge >= 0.3 is 15.5 Å². The second kappa shape index (κ2) is 9.32. The summed E-state index contributed by atoms with van der Waals surface area (Å²) in [4.78, 5) is 4.15. The summed E-state index contributed by atoms with van der Waals surface area (Å²) in [6, 6.07) is 7.34. The van der Waals surface area contributed by atoms with Crippen molar-refractivity contribution >= 4 is 27.6 Å². The number of guanidine groups is 1. The lowest BCUT2D eigenvalue weighted by Gasteiger charge is -2.32. The molecule has 1 aromatic rings. The Morgan fingerprint density at radius 3 is 2.46 bits per heavy atom. The van der Waals surface area contributed by atoms with Crippen molar-refractivity contribution in [1.29, 1.82) is 0 Å². The van der Waals surface area contributed by atoms with Gasteiger partial charge in [-0.05, 0) is 37.3 Å². The number of hydrogen-bond donors (Lipinski definition) is 2. The van der Waals surface area contributed by atoms with Gasteiger partial charge in [-0.15, -0.1) is 0 Å². The molecule has 1 fully saturated rings. The molecule has 0 radical (unpaired) electrons. The van der Waals surface area contributed by atoms with E-state index in [1.165, 1.54) is 0 Å². The third-order valence-electron chi connectivity index (χ3n) is 4.71. The number of sulfonamides is 1. The van der Waals surface area contributed by atoms with Gasteiger partial charge in [-0.2, -0.15) is 17.5 Å². The van der Waals surface area contributed by atoms with Crippen molar-refractivity contribution in [2.75, 3.05) is 26.7 Å². The molecule has 2 rings (SSSR count). The van der Waals surface area contributed by atoms with Gasteiger partial charge in [-0.1, -0.05) is 29.8 Å². The van der Waals surface area contributed by atoms with Gasteiger partial charge < -0.3 is 10.6 Å². The summed E-state index contributed by atoms with van der Waals surface area (Å²) >= 11 is 6.19. The summed E-state index contributed by atoms with van der Waals surface area (Å²) in [7, 11) is -3.63. The Morgan fingerprint density at radius 2 is 1.93 bits per heavy atom. The number of piperidine rings is 1. The molecule has 1 atom stereocenters. The van der Waals surface area contributed by atoms with Crippen molar-refractivity contribution in [3.8, 4) is 0 Å². The lowest BCUT2D eigenvalue weighted by atomic mass is 9.98. The van der Waals surface area contributed by atoms with Crippen LogP contribution in [0.15, 0.2) is 29.3 Å². The smallest absolute Gasteiger partial charge is 0.356 e. The lowest BCUT2D eigenvalue weighted by Crippen LogP contribution is -2.47. The van der Waals surface area contributed by atoms with E-state index in [4.69, 9.17) is 11.6 Å². The van der Waals surface area contributed by atoms with E-state index in [2.05, 4.69) is 15.6 Å². The van der Waals surface area contributed by atoms with Gasteiger partial charge in [0.2, 0.25) is 0 Å². The van der Waals surface area contributed by atoms with E-state index in [0.29, 0.717) is 34.7 Å². The Labute approximate surface area is 168 Å². The van der Waals surface area contributed by atoms with Gasteiger partial charge in [0, 0.05) is 31.7 Å². The predicted molar refractivity (Wildman–Crippen MR) is 104 cm³/mol. The number of benzene rings is 1. The summed E-state index contributed by atoms with van der Waals surface area (Å²) in [6.07, 6.45) is 0.693. The first-order valence-electron chi connectivity index (χ1n) is 8.84. The van der Waals surface area contributed by atoms with E-state index in [0.717, 1.165) is 5.56 Å². The molecule has 0 saturated carbocycles. The highest BCUT2D eigenvalue weighted by molar-refractivity contribution is 7.90. The summed E-state index contributed by atoms with van der Waals surface area (Å²) in [5.41, 5.74) is -4.34. The molecule has 0 amide bonds. The molecular weight excluding hydrogens is 417 g/mol. The van der Waals surface area contributed by atoms with Crippen molar-refractivity contribution in [2.45, 2.75) is 31.3 Å².